The Kier molecular flexibility index (Phi) is 3.65. The molecule has 0 bridgehead atoms. The van der Waals surface area contributed by atoms with Crippen LogP contribution in [0.4, 0.5) is 0 Å². The zero-order valence-electron chi connectivity index (χ0n) is 15.3. The van der Waals surface area contributed by atoms with Crippen molar-refractivity contribution in [1.29, 1.82) is 0 Å². The van der Waals surface area contributed by atoms with Crippen LogP contribution < -0.4 is 0 Å². The molecule has 2 atom stereocenters. The molecule has 6 heteroatoms. The summed E-state index contributed by atoms with van der Waals surface area (Å²) in [5.74, 6) is 3.74. The van der Waals surface area contributed by atoms with Gasteiger partial charge in [0.2, 0.25) is 0 Å². The van der Waals surface area contributed by atoms with Crippen LogP contribution >= 0.6 is 0 Å². The van der Waals surface area contributed by atoms with Crippen LogP contribution in [0.1, 0.15) is 55.4 Å². The Morgan fingerprint density at radius 2 is 1.96 bits per heavy atom. The molecule has 1 saturated carbocycles. The molecule has 1 aromatic carbocycles. The Morgan fingerprint density at radius 3 is 2.73 bits per heavy atom. The van der Waals surface area contributed by atoms with E-state index >= 15 is 0 Å². The van der Waals surface area contributed by atoms with E-state index in [1.807, 2.05) is 0 Å². The van der Waals surface area contributed by atoms with E-state index in [9.17, 15) is 0 Å². The van der Waals surface area contributed by atoms with Crippen molar-refractivity contribution in [3.8, 4) is 5.69 Å². The number of aryl methyl sites for hydroxylation is 1. The molecule has 0 radical (unpaired) electrons. The lowest BCUT2D eigenvalue weighted by molar-refractivity contribution is 0.645. The van der Waals surface area contributed by atoms with Gasteiger partial charge < -0.3 is 0 Å². The van der Waals surface area contributed by atoms with Crippen molar-refractivity contribution in [3.05, 3.63) is 53.6 Å². The number of fused-ring (bicyclic) bond motifs is 1. The maximum absolute atomic E-state index is 4.94. The maximum atomic E-state index is 4.94. The van der Waals surface area contributed by atoms with Gasteiger partial charge in [0.15, 0.2) is 5.82 Å². The Morgan fingerprint density at radius 1 is 1.12 bits per heavy atom. The van der Waals surface area contributed by atoms with E-state index in [0.717, 1.165) is 18.1 Å². The molecule has 0 spiro atoms. The van der Waals surface area contributed by atoms with E-state index in [4.69, 9.17) is 10.1 Å². The van der Waals surface area contributed by atoms with Crippen LogP contribution in [-0.4, -0.2) is 29.5 Å². The van der Waals surface area contributed by atoms with Crippen LogP contribution in [0.5, 0.6) is 0 Å². The van der Waals surface area contributed by atoms with Gasteiger partial charge in [-0.3, -0.25) is 0 Å². The summed E-state index contributed by atoms with van der Waals surface area (Å²) in [6.45, 7) is 5.18. The van der Waals surface area contributed by atoms with Gasteiger partial charge in [0, 0.05) is 5.92 Å². The number of hydrogen-bond donors (Lipinski definition) is 0. The van der Waals surface area contributed by atoms with Gasteiger partial charge in [-0.25, -0.2) is 19.3 Å². The highest BCUT2D eigenvalue weighted by Gasteiger charge is 2.47. The van der Waals surface area contributed by atoms with E-state index in [-0.39, 0.29) is 0 Å². The molecule has 134 valence electrons. The van der Waals surface area contributed by atoms with Gasteiger partial charge in [-0.15, -0.1) is 5.10 Å². The van der Waals surface area contributed by atoms with E-state index in [1.54, 1.807) is 17.3 Å². The molecule has 2 aliphatic carbocycles. The molecule has 6 nitrogen and oxygen atoms in total. The van der Waals surface area contributed by atoms with Gasteiger partial charge >= 0.3 is 0 Å². The van der Waals surface area contributed by atoms with Crippen molar-refractivity contribution < 1.29 is 0 Å². The van der Waals surface area contributed by atoms with Crippen molar-refractivity contribution in [2.24, 2.45) is 11.8 Å². The van der Waals surface area contributed by atoms with Crippen LogP contribution in [-0.2, 0) is 19.4 Å². The molecule has 3 aromatic rings. The first-order valence-corrected chi connectivity index (χ1v) is 9.62. The summed E-state index contributed by atoms with van der Waals surface area (Å²) >= 11 is 0. The summed E-state index contributed by atoms with van der Waals surface area (Å²) in [4.78, 5) is 8.96. The van der Waals surface area contributed by atoms with Crippen LogP contribution in [0.25, 0.3) is 5.69 Å². The number of aromatic nitrogens is 6. The third kappa shape index (κ3) is 2.55. The maximum Gasteiger partial charge on any atom is 0.172 e. The van der Waals surface area contributed by atoms with Gasteiger partial charge in [0.1, 0.15) is 25.0 Å². The highest BCUT2D eigenvalue weighted by Crippen LogP contribution is 2.53. The molecular formula is C20H24N6. The second-order valence-corrected chi connectivity index (χ2v) is 7.76. The predicted octanol–water partition coefficient (Wildman–Crippen LogP) is 3.16. The number of nitrogens with zero attached hydrogens (tertiary/aromatic N) is 6. The molecule has 2 aromatic heterocycles. The predicted molar refractivity (Wildman–Crippen MR) is 98.2 cm³/mol. The standard InChI is InChI=1S/C20H24N6/c1-13-14(2)19(13)20-23-18(10-25-12-21-11-22-25)24-26(20)17-9-5-7-15-6-3-4-8-16(15)17/h5,7,9,11-14,19H,3-4,6,8,10H2,1-2H3/t13-,14-/m1/s1. The summed E-state index contributed by atoms with van der Waals surface area (Å²) in [7, 11) is 0. The topological polar surface area (TPSA) is 61.4 Å². The van der Waals surface area contributed by atoms with Gasteiger partial charge in [-0.1, -0.05) is 26.0 Å². The molecule has 2 heterocycles. The molecule has 0 aliphatic heterocycles. The first-order valence-electron chi connectivity index (χ1n) is 9.62. The Hall–Kier alpha value is -2.50. The second kappa shape index (κ2) is 6.04. The fourth-order valence-electron chi connectivity index (χ4n) is 4.38. The summed E-state index contributed by atoms with van der Waals surface area (Å²) in [5, 5.41) is 9.11. The molecule has 0 unspecified atom stereocenters. The van der Waals surface area contributed by atoms with Gasteiger partial charge in [0.25, 0.3) is 0 Å². The first kappa shape index (κ1) is 15.7. The number of hydrogen-bond acceptors (Lipinski definition) is 4. The lowest BCUT2D eigenvalue weighted by Gasteiger charge is -2.19. The fourth-order valence-corrected chi connectivity index (χ4v) is 4.38. The monoisotopic (exact) mass is 348 g/mol. The molecule has 5 rings (SSSR count). The quantitative estimate of drug-likeness (QED) is 0.727. The van der Waals surface area contributed by atoms with E-state index < -0.39 is 0 Å². The third-order valence-corrected chi connectivity index (χ3v) is 6.16. The highest BCUT2D eigenvalue weighted by molar-refractivity contribution is 5.48. The Bertz CT molecular complexity index is 918. The minimum absolute atomic E-state index is 0.492. The normalized spacial score (nSPS) is 24.5. The summed E-state index contributed by atoms with van der Waals surface area (Å²) in [6, 6.07) is 6.65. The zero-order valence-corrected chi connectivity index (χ0v) is 15.3. The van der Waals surface area contributed by atoms with E-state index in [0.29, 0.717) is 24.3 Å². The van der Waals surface area contributed by atoms with Crippen molar-refractivity contribution >= 4 is 0 Å². The highest BCUT2D eigenvalue weighted by atomic mass is 15.4. The van der Waals surface area contributed by atoms with Crippen molar-refractivity contribution in [2.45, 2.75) is 52.0 Å². The van der Waals surface area contributed by atoms with Crippen molar-refractivity contribution in [2.75, 3.05) is 0 Å². The summed E-state index contributed by atoms with van der Waals surface area (Å²) in [6.07, 6.45) is 8.13. The lowest BCUT2D eigenvalue weighted by atomic mass is 9.90. The summed E-state index contributed by atoms with van der Waals surface area (Å²) < 4.78 is 3.91. The Labute approximate surface area is 153 Å². The van der Waals surface area contributed by atoms with Crippen LogP contribution in [0, 0.1) is 11.8 Å². The summed E-state index contributed by atoms with van der Waals surface area (Å²) in [5.41, 5.74) is 4.16. The largest absolute Gasteiger partial charge is 0.245 e. The molecule has 0 N–H and O–H groups in total. The SMILES string of the molecule is C[C@H]1C(c2nc(Cn3cncn3)nn2-c2cccc3c2CCCC3)[C@@H]1C. The molecule has 2 aliphatic rings. The minimum Gasteiger partial charge on any atom is -0.245 e. The van der Waals surface area contributed by atoms with Gasteiger partial charge in [0.05, 0.1) is 5.69 Å². The molecule has 1 fully saturated rings. The lowest BCUT2D eigenvalue weighted by Crippen LogP contribution is -2.11. The Balaban J connectivity index is 1.60. The molecular weight excluding hydrogens is 324 g/mol. The first-order chi connectivity index (χ1) is 12.7. The minimum atomic E-state index is 0.492. The van der Waals surface area contributed by atoms with Crippen molar-refractivity contribution in [3.63, 3.8) is 0 Å². The third-order valence-electron chi connectivity index (χ3n) is 6.16. The molecule has 0 saturated heterocycles. The number of rotatable bonds is 4. The molecule has 26 heavy (non-hydrogen) atoms. The van der Waals surface area contributed by atoms with Gasteiger partial charge in [-0.05, 0) is 54.7 Å². The average Bonchev–Trinajstić information content (AvgIpc) is 3.08. The van der Waals surface area contributed by atoms with E-state index in [1.165, 1.54) is 36.1 Å². The second-order valence-electron chi connectivity index (χ2n) is 7.76. The van der Waals surface area contributed by atoms with Crippen LogP contribution in [0.2, 0.25) is 0 Å². The number of benzene rings is 1. The fraction of sp³-hybridized carbons (Fsp3) is 0.500. The van der Waals surface area contributed by atoms with Gasteiger partial charge in [-0.2, -0.15) is 5.10 Å². The zero-order chi connectivity index (χ0) is 17.7. The molecule has 0 amide bonds. The smallest absolute Gasteiger partial charge is 0.172 e. The van der Waals surface area contributed by atoms with E-state index in [2.05, 4.69) is 46.8 Å². The average molecular weight is 348 g/mol. The van der Waals surface area contributed by atoms with Crippen LogP contribution in [0.3, 0.4) is 0 Å². The van der Waals surface area contributed by atoms with Crippen LogP contribution in [0.15, 0.2) is 30.9 Å². The van der Waals surface area contributed by atoms with Crippen molar-refractivity contribution in [1.82, 2.24) is 29.5 Å².